The molecule has 1 fully saturated rings. The Labute approximate surface area is 141 Å². The van der Waals surface area contributed by atoms with Crippen LogP contribution in [0.2, 0.25) is 5.15 Å². The molecule has 1 saturated heterocycles. The summed E-state index contributed by atoms with van der Waals surface area (Å²) >= 11 is 6.06. The van der Waals surface area contributed by atoms with Gasteiger partial charge < -0.3 is 9.64 Å². The van der Waals surface area contributed by atoms with E-state index in [0.29, 0.717) is 23.6 Å². The van der Waals surface area contributed by atoms with Crippen LogP contribution < -0.4 is 4.74 Å². The molecule has 5 heteroatoms. The number of aromatic nitrogens is 1. The average molecular weight is 333 g/mol. The quantitative estimate of drug-likeness (QED) is 0.798. The highest BCUT2D eigenvalue weighted by Gasteiger charge is 2.29. The SMILES string of the molecule is CC(=O)N1CC(COc2ccc(C(C)C)c3cc(Cl)ncc23)C1. The molecule has 1 amide bonds. The summed E-state index contributed by atoms with van der Waals surface area (Å²) in [5.74, 6) is 1.77. The number of carbonyl (C=O) groups excluding carboxylic acids is 1. The first-order valence-corrected chi connectivity index (χ1v) is 8.30. The third kappa shape index (κ3) is 3.27. The highest BCUT2D eigenvalue weighted by Crippen LogP contribution is 2.33. The van der Waals surface area contributed by atoms with Gasteiger partial charge in [0.1, 0.15) is 10.9 Å². The lowest BCUT2D eigenvalue weighted by molar-refractivity contribution is -0.135. The van der Waals surface area contributed by atoms with E-state index in [9.17, 15) is 4.79 Å². The van der Waals surface area contributed by atoms with Crippen molar-refractivity contribution in [3.05, 3.63) is 35.1 Å². The number of halogens is 1. The van der Waals surface area contributed by atoms with Crippen LogP contribution in [0.1, 0.15) is 32.3 Å². The number of fused-ring (bicyclic) bond motifs is 1. The van der Waals surface area contributed by atoms with Crippen molar-refractivity contribution >= 4 is 28.3 Å². The Hall–Kier alpha value is -1.81. The molecular weight excluding hydrogens is 312 g/mol. The smallest absolute Gasteiger partial charge is 0.219 e. The van der Waals surface area contributed by atoms with Gasteiger partial charge in [0.2, 0.25) is 5.91 Å². The molecule has 1 aliphatic rings. The summed E-state index contributed by atoms with van der Waals surface area (Å²) in [6.07, 6.45) is 1.78. The first-order valence-electron chi connectivity index (χ1n) is 7.92. The third-order valence-corrected chi connectivity index (χ3v) is 4.57. The zero-order valence-electron chi connectivity index (χ0n) is 13.7. The van der Waals surface area contributed by atoms with Gasteiger partial charge in [-0.15, -0.1) is 0 Å². The van der Waals surface area contributed by atoms with E-state index in [1.165, 1.54) is 5.56 Å². The van der Waals surface area contributed by atoms with Gasteiger partial charge in [0.05, 0.1) is 6.61 Å². The number of nitrogens with zero attached hydrogens (tertiary/aromatic N) is 2. The molecule has 0 N–H and O–H groups in total. The van der Waals surface area contributed by atoms with Gasteiger partial charge in [-0.3, -0.25) is 4.79 Å². The molecule has 2 aromatic rings. The van der Waals surface area contributed by atoms with Crippen LogP contribution in [0.4, 0.5) is 0 Å². The number of likely N-dealkylation sites (tertiary alicyclic amines) is 1. The topological polar surface area (TPSA) is 42.4 Å². The Kier molecular flexibility index (Phi) is 4.44. The minimum atomic E-state index is 0.131. The minimum absolute atomic E-state index is 0.131. The zero-order chi connectivity index (χ0) is 16.6. The van der Waals surface area contributed by atoms with Gasteiger partial charge in [-0.05, 0) is 29.0 Å². The number of carbonyl (C=O) groups is 1. The van der Waals surface area contributed by atoms with Crippen molar-refractivity contribution in [2.75, 3.05) is 19.7 Å². The van der Waals surface area contributed by atoms with Gasteiger partial charge in [-0.2, -0.15) is 0 Å². The Balaban J connectivity index is 1.79. The third-order valence-electron chi connectivity index (χ3n) is 4.36. The van der Waals surface area contributed by atoms with Crippen LogP contribution in [0, 0.1) is 5.92 Å². The molecule has 0 radical (unpaired) electrons. The van der Waals surface area contributed by atoms with E-state index >= 15 is 0 Å². The van der Waals surface area contributed by atoms with Crippen molar-refractivity contribution in [2.24, 2.45) is 5.92 Å². The van der Waals surface area contributed by atoms with E-state index in [2.05, 4.69) is 24.9 Å². The van der Waals surface area contributed by atoms with Crippen molar-refractivity contribution in [3.63, 3.8) is 0 Å². The lowest BCUT2D eigenvalue weighted by Crippen LogP contribution is -2.51. The fraction of sp³-hybridized carbons (Fsp3) is 0.444. The van der Waals surface area contributed by atoms with Gasteiger partial charge >= 0.3 is 0 Å². The summed E-state index contributed by atoms with van der Waals surface area (Å²) in [7, 11) is 0. The highest BCUT2D eigenvalue weighted by molar-refractivity contribution is 6.30. The second-order valence-electron chi connectivity index (χ2n) is 6.46. The fourth-order valence-corrected chi connectivity index (χ4v) is 3.14. The van der Waals surface area contributed by atoms with Gasteiger partial charge in [0.15, 0.2) is 0 Å². The first kappa shape index (κ1) is 16.1. The number of benzene rings is 1. The molecule has 0 spiro atoms. The number of hydrogen-bond donors (Lipinski definition) is 0. The minimum Gasteiger partial charge on any atom is -0.492 e. The maximum Gasteiger partial charge on any atom is 0.219 e. The molecule has 2 heterocycles. The molecule has 0 atom stereocenters. The molecule has 0 aliphatic carbocycles. The summed E-state index contributed by atoms with van der Waals surface area (Å²) in [6.45, 7) is 8.10. The molecule has 23 heavy (non-hydrogen) atoms. The average Bonchev–Trinajstić information content (AvgIpc) is 2.44. The first-order chi connectivity index (χ1) is 11.0. The maximum absolute atomic E-state index is 11.2. The standard InChI is InChI=1S/C18H21ClN2O2/c1-11(2)14-4-5-17(16-7-20-18(19)6-15(14)16)23-10-13-8-21(9-13)12(3)22/h4-7,11,13H,8-10H2,1-3H3. The molecule has 1 aromatic heterocycles. The van der Waals surface area contributed by atoms with Crippen molar-refractivity contribution in [1.29, 1.82) is 0 Å². The van der Waals surface area contributed by atoms with Gasteiger partial charge in [0, 0.05) is 37.5 Å². The predicted octanol–water partition coefficient (Wildman–Crippen LogP) is 3.87. The lowest BCUT2D eigenvalue weighted by Gasteiger charge is -2.38. The van der Waals surface area contributed by atoms with Gasteiger partial charge in [0.25, 0.3) is 0 Å². The number of rotatable bonds is 4. The number of pyridine rings is 1. The van der Waals surface area contributed by atoms with E-state index in [1.54, 1.807) is 13.1 Å². The van der Waals surface area contributed by atoms with E-state index in [1.807, 2.05) is 17.0 Å². The summed E-state index contributed by atoms with van der Waals surface area (Å²) in [6, 6.07) is 6.01. The predicted molar refractivity (Wildman–Crippen MR) is 92.1 cm³/mol. The second kappa shape index (κ2) is 6.36. The summed E-state index contributed by atoms with van der Waals surface area (Å²) in [4.78, 5) is 17.2. The van der Waals surface area contributed by atoms with Gasteiger partial charge in [-0.25, -0.2) is 4.98 Å². The largest absolute Gasteiger partial charge is 0.492 e. The van der Waals surface area contributed by atoms with Crippen molar-refractivity contribution in [2.45, 2.75) is 26.7 Å². The molecule has 1 aliphatic heterocycles. The van der Waals surface area contributed by atoms with Crippen LogP contribution in [0.3, 0.4) is 0 Å². The van der Waals surface area contributed by atoms with Crippen LogP contribution in [-0.4, -0.2) is 35.5 Å². The molecule has 122 valence electrons. The molecule has 4 nitrogen and oxygen atoms in total. The Morgan fingerprint density at radius 1 is 1.39 bits per heavy atom. The van der Waals surface area contributed by atoms with E-state index < -0.39 is 0 Å². The number of ether oxygens (including phenoxy) is 1. The summed E-state index contributed by atoms with van der Waals surface area (Å²) in [5, 5.41) is 2.58. The van der Waals surface area contributed by atoms with E-state index in [4.69, 9.17) is 16.3 Å². The summed E-state index contributed by atoms with van der Waals surface area (Å²) < 4.78 is 6.00. The number of amides is 1. The lowest BCUT2D eigenvalue weighted by atomic mass is 9.96. The summed E-state index contributed by atoms with van der Waals surface area (Å²) in [5.41, 5.74) is 1.24. The van der Waals surface area contributed by atoms with Crippen molar-refractivity contribution in [3.8, 4) is 5.75 Å². The van der Waals surface area contributed by atoms with Crippen LogP contribution in [-0.2, 0) is 4.79 Å². The second-order valence-corrected chi connectivity index (χ2v) is 6.85. The fourth-order valence-electron chi connectivity index (χ4n) is 2.98. The van der Waals surface area contributed by atoms with Crippen molar-refractivity contribution < 1.29 is 9.53 Å². The molecule has 0 bridgehead atoms. The molecule has 1 aromatic carbocycles. The van der Waals surface area contributed by atoms with Crippen molar-refractivity contribution in [1.82, 2.24) is 9.88 Å². The zero-order valence-corrected chi connectivity index (χ0v) is 14.4. The highest BCUT2D eigenvalue weighted by atomic mass is 35.5. The van der Waals surface area contributed by atoms with Crippen LogP contribution >= 0.6 is 11.6 Å². The van der Waals surface area contributed by atoms with Gasteiger partial charge in [-0.1, -0.05) is 31.5 Å². The molecular formula is C18H21ClN2O2. The Morgan fingerprint density at radius 3 is 2.78 bits per heavy atom. The van der Waals surface area contributed by atoms with Crippen LogP contribution in [0.15, 0.2) is 24.4 Å². The molecule has 0 unspecified atom stereocenters. The molecule has 0 saturated carbocycles. The Morgan fingerprint density at radius 2 is 2.13 bits per heavy atom. The van der Waals surface area contributed by atoms with Crippen LogP contribution in [0.25, 0.3) is 10.8 Å². The van der Waals surface area contributed by atoms with E-state index in [0.717, 1.165) is 29.6 Å². The maximum atomic E-state index is 11.2. The normalized spacial score (nSPS) is 15.1. The monoisotopic (exact) mass is 332 g/mol. The Bertz CT molecular complexity index is 739. The molecule has 3 rings (SSSR count). The van der Waals surface area contributed by atoms with E-state index in [-0.39, 0.29) is 5.91 Å². The van der Waals surface area contributed by atoms with Crippen LogP contribution in [0.5, 0.6) is 5.75 Å². The number of hydrogen-bond acceptors (Lipinski definition) is 3.